The fourth-order valence-corrected chi connectivity index (χ4v) is 2.36. The van der Waals surface area contributed by atoms with Crippen LogP contribution in [0.15, 0.2) is 36.4 Å². The van der Waals surface area contributed by atoms with E-state index in [4.69, 9.17) is 0 Å². The molecule has 4 heteroatoms. The SMILES string of the molecule is CC(=O)c1cc(C)cc(C)c1.CC(=O)c1cc(C)cc(C)c1.[CH3-].[Zn+][Br]. The first kappa shape index (κ1) is 26.1. The van der Waals surface area contributed by atoms with E-state index in [1.165, 1.54) is 16.3 Å². The second kappa shape index (κ2) is 13.1. The van der Waals surface area contributed by atoms with Crippen molar-refractivity contribution < 1.29 is 25.9 Å². The van der Waals surface area contributed by atoms with E-state index >= 15 is 0 Å². The van der Waals surface area contributed by atoms with Crippen molar-refractivity contribution in [3.63, 3.8) is 0 Å². The number of benzene rings is 2. The van der Waals surface area contributed by atoms with Crippen molar-refractivity contribution in [3.05, 3.63) is 77.2 Å². The van der Waals surface area contributed by atoms with Crippen LogP contribution in [0.3, 0.4) is 0 Å². The molecule has 2 aromatic carbocycles. The van der Waals surface area contributed by atoms with Gasteiger partial charge in [-0.1, -0.05) is 34.4 Å². The van der Waals surface area contributed by atoms with Gasteiger partial charge < -0.3 is 7.43 Å². The van der Waals surface area contributed by atoms with Gasteiger partial charge >= 0.3 is 30.0 Å². The molecule has 0 bridgehead atoms. The van der Waals surface area contributed by atoms with Crippen LogP contribution in [-0.4, -0.2) is 11.6 Å². The molecule has 0 amide bonds. The molecule has 2 rings (SSSR count). The molecule has 2 nitrogen and oxygen atoms in total. The van der Waals surface area contributed by atoms with E-state index in [9.17, 15) is 9.59 Å². The van der Waals surface area contributed by atoms with Gasteiger partial charge in [-0.2, -0.15) is 0 Å². The van der Waals surface area contributed by atoms with Crippen LogP contribution in [0.25, 0.3) is 0 Å². The Morgan fingerprint density at radius 3 is 1.00 bits per heavy atom. The summed E-state index contributed by atoms with van der Waals surface area (Å²) < 4.78 is 0. The van der Waals surface area contributed by atoms with Gasteiger partial charge in [-0.3, -0.25) is 9.59 Å². The molecule has 0 radical (unpaired) electrons. The fraction of sp³-hybridized carbons (Fsp3) is 0.286. The van der Waals surface area contributed by atoms with Crippen molar-refractivity contribution in [1.82, 2.24) is 0 Å². The zero-order chi connectivity index (χ0) is 18.9. The maximum absolute atomic E-state index is 10.9. The average Bonchev–Trinajstić information content (AvgIpc) is 2.48. The fourth-order valence-electron chi connectivity index (χ4n) is 2.36. The number of carbonyl (C=O) groups is 2. The molecule has 0 spiro atoms. The van der Waals surface area contributed by atoms with Crippen LogP contribution in [0.2, 0.25) is 0 Å². The Bertz CT molecular complexity index is 607. The monoisotopic (exact) mass is 454 g/mol. The molecule has 2 aromatic rings. The van der Waals surface area contributed by atoms with E-state index in [1.54, 1.807) is 13.8 Å². The molecule has 0 unspecified atom stereocenters. The van der Waals surface area contributed by atoms with Crippen molar-refractivity contribution in [2.24, 2.45) is 0 Å². The Labute approximate surface area is 169 Å². The first-order valence-corrected chi connectivity index (χ1v) is 14.6. The number of ketones is 2. The van der Waals surface area contributed by atoms with Crippen LogP contribution in [0.4, 0.5) is 0 Å². The number of hydrogen-bond donors (Lipinski definition) is 0. The molecule has 0 N–H and O–H groups in total. The molecule has 0 saturated carbocycles. The van der Waals surface area contributed by atoms with Crippen LogP contribution in [0.5, 0.6) is 0 Å². The van der Waals surface area contributed by atoms with Gasteiger partial charge in [-0.15, -0.1) is 0 Å². The third-order valence-corrected chi connectivity index (χ3v) is 3.26. The third-order valence-electron chi connectivity index (χ3n) is 3.26. The first-order chi connectivity index (χ1) is 11.2. The Kier molecular flexibility index (Phi) is 13.7. The van der Waals surface area contributed by atoms with Gasteiger partial charge in [-0.25, -0.2) is 0 Å². The van der Waals surface area contributed by atoms with Gasteiger partial charge in [-0.05, 0) is 65.8 Å². The Balaban J connectivity index is 0. The van der Waals surface area contributed by atoms with Crippen molar-refractivity contribution in [2.75, 3.05) is 0 Å². The number of Topliss-reactive ketones (excluding diaryl/α,β-unsaturated/α-hetero) is 2. The van der Waals surface area contributed by atoms with Gasteiger partial charge in [0.1, 0.15) is 0 Å². The number of carbonyl (C=O) groups excluding carboxylic acids is 2. The minimum absolute atomic E-state index is 0. The Morgan fingerprint density at radius 1 is 0.640 bits per heavy atom. The van der Waals surface area contributed by atoms with E-state index in [0.717, 1.165) is 33.4 Å². The Morgan fingerprint density at radius 2 is 0.840 bits per heavy atom. The average molecular weight is 457 g/mol. The summed E-state index contributed by atoms with van der Waals surface area (Å²) in [6.45, 7) is 11.2. The van der Waals surface area contributed by atoms with Gasteiger partial charge in [0.2, 0.25) is 0 Å². The van der Waals surface area contributed by atoms with Crippen molar-refractivity contribution in [3.8, 4) is 0 Å². The van der Waals surface area contributed by atoms with Crippen molar-refractivity contribution >= 4 is 25.2 Å². The molecular formula is C21H27BrO2Zn. The van der Waals surface area contributed by atoms with Crippen molar-refractivity contribution in [2.45, 2.75) is 41.5 Å². The van der Waals surface area contributed by atoms with E-state index in [1.807, 2.05) is 52.0 Å². The number of hydrogen-bond acceptors (Lipinski definition) is 2. The summed E-state index contributed by atoms with van der Waals surface area (Å²) in [4.78, 5) is 21.9. The molecule has 0 saturated heterocycles. The zero-order valence-corrected chi connectivity index (χ0v) is 20.9. The molecule has 0 heterocycles. The summed E-state index contributed by atoms with van der Waals surface area (Å²) in [5.41, 5.74) is 6.21. The summed E-state index contributed by atoms with van der Waals surface area (Å²) in [6, 6.07) is 11.8. The summed E-state index contributed by atoms with van der Waals surface area (Å²) in [7, 11) is 0. The van der Waals surface area contributed by atoms with Gasteiger partial charge in [0.15, 0.2) is 11.6 Å². The summed E-state index contributed by atoms with van der Waals surface area (Å²) in [5.74, 6) is 0.272. The Hall–Kier alpha value is -1.12. The molecular weight excluding hydrogens is 430 g/mol. The van der Waals surface area contributed by atoms with Crippen molar-refractivity contribution in [1.29, 1.82) is 0 Å². The van der Waals surface area contributed by atoms with Crippen LogP contribution >= 0.6 is 13.6 Å². The predicted octanol–water partition coefficient (Wildman–Crippen LogP) is 6.31. The normalized spacial score (nSPS) is 8.84. The van der Waals surface area contributed by atoms with E-state index in [-0.39, 0.29) is 19.0 Å². The molecule has 0 aliphatic heterocycles. The minimum atomic E-state index is 0. The van der Waals surface area contributed by atoms with Gasteiger partial charge in [0, 0.05) is 11.1 Å². The van der Waals surface area contributed by atoms with Gasteiger partial charge in [0.25, 0.3) is 0 Å². The number of halogens is 1. The molecule has 0 fully saturated rings. The summed E-state index contributed by atoms with van der Waals surface area (Å²) in [5, 5.41) is 0. The molecule has 0 atom stereocenters. The molecule has 0 aliphatic rings. The number of rotatable bonds is 2. The second-order valence-electron chi connectivity index (χ2n) is 5.87. The summed E-state index contributed by atoms with van der Waals surface area (Å²) in [6.07, 6.45) is 0. The third kappa shape index (κ3) is 10.5. The predicted molar refractivity (Wildman–Crippen MR) is 107 cm³/mol. The molecule has 25 heavy (non-hydrogen) atoms. The van der Waals surface area contributed by atoms with Crippen LogP contribution in [0, 0.1) is 35.1 Å². The quantitative estimate of drug-likeness (QED) is 0.302. The zero-order valence-electron chi connectivity index (χ0n) is 16.4. The van der Waals surface area contributed by atoms with E-state index in [0.29, 0.717) is 0 Å². The van der Waals surface area contributed by atoms with Crippen LogP contribution < -0.4 is 0 Å². The standard InChI is InChI=1S/2C10H12O.CH3.BrH.Zn/c2*1-7-4-8(2)6-10(5-7)9(3)11;;;/h2*4-6H,1-3H3;1H3;1H;/q;;-1;;+2/p-1. The molecule has 0 aliphatic carbocycles. The number of aryl methyl sites for hydroxylation is 4. The topological polar surface area (TPSA) is 34.1 Å². The van der Waals surface area contributed by atoms with E-state index < -0.39 is 0 Å². The molecule has 0 aromatic heterocycles. The van der Waals surface area contributed by atoms with Crippen LogP contribution in [-0.2, 0) is 16.3 Å². The maximum atomic E-state index is 10.9. The summed E-state index contributed by atoms with van der Waals surface area (Å²) >= 11 is 4.25. The first-order valence-electron chi connectivity index (χ1n) is 7.64. The second-order valence-corrected chi connectivity index (χ2v) is 5.87. The molecule has 132 valence electrons. The van der Waals surface area contributed by atoms with Crippen LogP contribution in [0.1, 0.15) is 56.8 Å². The van der Waals surface area contributed by atoms with E-state index in [2.05, 4.69) is 25.8 Å². The van der Waals surface area contributed by atoms with Gasteiger partial charge in [0.05, 0.1) is 0 Å².